The molecule has 0 radical (unpaired) electrons. The predicted octanol–water partition coefficient (Wildman–Crippen LogP) is 5.49. The van der Waals surface area contributed by atoms with Crippen molar-refractivity contribution in [3.8, 4) is 11.5 Å². The van der Waals surface area contributed by atoms with Gasteiger partial charge in [0.05, 0.1) is 37.0 Å². The van der Waals surface area contributed by atoms with Crippen LogP contribution in [0.25, 0.3) is 5.76 Å². The Morgan fingerprint density at radius 3 is 2.25 bits per heavy atom. The topological polar surface area (TPSA) is 76.1 Å². The van der Waals surface area contributed by atoms with Crippen LogP contribution in [0.15, 0.2) is 72.3 Å². The fourth-order valence-corrected chi connectivity index (χ4v) is 4.03. The summed E-state index contributed by atoms with van der Waals surface area (Å²) in [7, 11) is 2.74. The number of hydrogen-bond acceptors (Lipinski definition) is 5. The fourth-order valence-electron chi connectivity index (χ4n) is 4.03. The third-order valence-electron chi connectivity index (χ3n) is 5.75. The van der Waals surface area contributed by atoms with Gasteiger partial charge in [0.2, 0.25) is 0 Å². The highest BCUT2D eigenvalue weighted by Gasteiger charge is 2.47. The molecule has 1 N–H and O–H groups in total. The number of alkyl halides is 3. The van der Waals surface area contributed by atoms with Crippen LogP contribution >= 0.6 is 0 Å². The van der Waals surface area contributed by atoms with Gasteiger partial charge < -0.3 is 14.6 Å². The van der Waals surface area contributed by atoms with Gasteiger partial charge in [-0.3, -0.25) is 14.5 Å². The number of ketones is 1. The minimum Gasteiger partial charge on any atom is -0.507 e. The molecule has 1 aliphatic rings. The molecule has 10 heteroatoms. The third kappa shape index (κ3) is 4.37. The maximum atomic E-state index is 13.7. The number of hydrogen-bond donors (Lipinski definition) is 1. The van der Waals surface area contributed by atoms with Gasteiger partial charge in [-0.15, -0.1) is 0 Å². The molecule has 36 heavy (non-hydrogen) atoms. The van der Waals surface area contributed by atoms with E-state index in [-0.39, 0.29) is 22.6 Å². The van der Waals surface area contributed by atoms with Crippen LogP contribution < -0.4 is 14.4 Å². The Bertz CT molecular complexity index is 1370. The number of aliphatic hydroxyl groups excluding tert-OH is 1. The Balaban J connectivity index is 1.96. The molecule has 0 aromatic heterocycles. The molecule has 4 rings (SSSR count). The first-order valence-corrected chi connectivity index (χ1v) is 10.5. The van der Waals surface area contributed by atoms with Gasteiger partial charge in [0.25, 0.3) is 11.7 Å². The zero-order valence-electron chi connectivity index (χ0n) is 19.0. The minimum atomic E-state index is -4.70. The van der Waals surface area contributed by atoms with Crippen molar-refractivity contribution < 1.29 is 41.7 Å². The molecule has 1 fully saturated rings. The van der Waals surface area contributed by atoms with Gasteiger partial charge in [-0.1, -0.05) is 18.2 Å². The molecule has 186 valence electrons. The van der Waals surface area contributed by atoms with Crippen molar-refractivity contribution in [2.24, 2.45) is 0 Å². The van der Waals surface area contributed by atoms with Crippen LogP contribution in [0, 0.1) is 5.82 Å². The summed E-state index contributed by atoms with van der Waals surface area (Å²) in [6.07, 6.45) is -4.70. The zero-order chi connectivity index (χ0) is 26.2. The van der Waals surface area contributed by atoms with E-state index < -0.39 is 46.6 Å². The lowest BCUT2D eigenvalue weighted by Crippen LogP contribution is -2.29. The van der Waals surface area contributed by atoms with Crippen LogP contribution in [-0.2, 0) is 15.8 Å². The van der Waals surface area contributed by atoms with Crippen molar-refractivity contribution >= 4 is 23.1 Å². The highest BCUT2D eigenvalue weighted by atomic mass is 19.4. The van der Waals surface area contributed by atoms with Crippen LogP contribution in [0.1, 0.15) is 22.7 Å². The maximum Gasteiger partial charge on any atom is 0.416 e. The average Bonchev–Trinajstić information content (AvgIpc) is 3.13. The number of nitrogens with zero attached hydrogens (tertiary/aromatic N) is 1. The molecule has 0 saturated carbocycles. The van der Waals surface area contributed by atoms with Gasteiger partial charge in [-0.25, -0.2) is 4.39 Å². The van der Waals surface area contributed by atoms with Crippen molar-refractivity contribution in [1.82, 2.24) is 0 Å². The van der Waals surface area contributed by atoms with E-state index in [0.29, 0.717) is 5.75 Å². The lowest BCUT2D eigenvalue weighted by Gasteiger charge is -2.26. The largest absolute Gasteiger partial charge is 0.507 e. The number of carbonyl (C=O) groups excluding carboxylic acids is 2. The van der Waals surface area contributed by atoms with Crippen LogP contribution in [0.4, 0.5) is 23.2 Å². The smallest absolute Gasteiger partial charge is 0.416 e. The number of Topliss-reactive ketones (excluding diaryl/α,β-unsaturated/α-hetero) is 1. The summed E-state index contributed by atoms with van der Waals surface area (Å²) in [5.41, 5.74) is -1.40. The molecule has 1 atom stereocenters. The van der Waals surface area contributed by atoms with Gasteiger partial charge in [0, 0.05) is 11.8 Å². The molecule has 3 aromatic carbocycles. The lowest BCUT2D eigenvalue weighted by molar-refractivity contribution is -0.137. The van der Waals surface area contributed by atoms with E-state index in [1.807, 2.05) is 0 Å². The third-order valence-corrected chi connectivity index (χ3v) is 5.75. The SMILES string of the molecule is COc1ccc(/C(O)=C2/C(=O)C(=O)N(c3cccc(C(F)(F)F)c3)C2c2ccc(F)cc2)c(OC)c1. The molecule has 1 amide bonds. The summed E-state index contributed by atoms with van der Waals surface area (Å²) in [6.45, 7) is 0. The molecule has 1 saturated heterocycles. The maximum absolute atomic E-state index is 13.7. The van der Waals surface area contributed by atoms with Crippen LogP contribution in [0.2, 0.25) is 0 Å². The molecule has 1 aliphatic heterocycles. The van der Waals surface area contributed by atoms with Crippen LogP contribution in [-0.4, -0.2) is 31.0 Å². The van der Waals surface area contributed by atoms with Gasteiger partial charge in [-0.2, -0.15) is 13.2 Å². The number of methoxy groups -OCH3 is 2. The van der Waals surface area contributed by atoms with E-state index in [9.17, 15) is 32.3 Å². The van der Waals surface area contributed by atoms with Gasteiger partial charge >= 0.3 is 6.18 Å². The highest BCUT2D eigenvalue weighted by Crippen LogP contribution is 2.44. The first-order chi connectivity index (χ1) is 17.1. The predicted molar refractivity (Wildman–Crippen MR) is 122 cm³/mol. The van der Waals surface area contributed by atoms with Gasteiger partial charge in [-0.05, 0) is 48.0 Å². The molecular formula is C26H19F4NO5. The number of anilines is 1. The van der Waals surface area contributed by atoms with Crippen molar-refractivity contribution in [2.45, 2.75) is 12.2 Å². The Kier molecular flexibility index (Phi) is 6.45. The average molecular weight is 501 g/mol. The Hall–Kier alpha value is -4.34. The van der Waals surface area contributed by atoms with Gasteiger partial charge in [0.15, 0.2) is 0 Å². The molecule has 0 bridgehead atoms. The zero-order valence-corrected chi connectivity index (χ0v) is 19.0. The van der Waals surface area contributed by atoms with Crippen molar-refractivity contribution in [1.29, 1.82) is 0 Å². The Morgan fingerprint density at radius 1 is 0.944 bits per heavy atom. The standard InChI is InChI=1S/C26H19F4NO5/c1-35-18-10-11-19(20(13-18)36-2)23(32)21-22(14-6-8-16(27)9-7-14)31(25(34)24(21)33)17-5-3-4-15(12-17)26(28,29)30/h3-13,22,32H,1-2H3/b23-21-. The van der Waals surface area contributed by atoms with Crippen LogP contribution in [0.5, 0.6) is 11.5 Å². The van der Waals surface area contributed by atoms with Crippen molar-refractivity contribution in [3.63, 3.8) is 0 Å². The van der Waals surface area contributed by atoms with Gasteiger partial charge in [0.1, 0.15) is 23.1 Å². The van der Waals surface area contributed by atoms with E-state index in [1.165, 1.54) is 50.6 Å². The van der Waals surface area contributed by atoms with Crippen LogP contribution in [0.3, 0.4) is 0 Å². The number of aliphatic hydroxyl groups is 1. The summed E-state index contributed by atoms with van der Waals surface area (Å²) in [4.78, 5) is 27.2. The quantitative estimate of drug-likeness (QED) is 0.217. The minimum absolute atomic E-state index is 0.0486. The number of benzene rings is 3. The summed E-state index contributed by atoms with van der Waals surface area (Å²) in [6, 6.07) is 11.6. The molecule has 1 unspecified atom stereocenters. The number of ether oxygens (including phenoxy) is 2. The number of rotatable bonds is 5. The van der Waals surface area contributed by atoms with E-state index in [0.717, 1.165) is 35.2 Å². The first-order valence-electron chi connectivity index (χ1n) is 10.5. The summed E-state index contributed by atoms with van der Waals surface area (Å²) >= 11 is 0. The lowest BCUT2D eigenvalue weighted by atomic mass is 9.94. The fraction of sp³-hybridized carbons (Fsp3) is 0.154. The van der Waals surface area contributed by atoms with Crippen molar-refractivity contribution in [2.75, 3.05) is 19.1 Å². The second kappa shape index (κ2) is 9.37. The Morgan fingerprint density at radius 2 is 1.64 bits per heavy atom. The summed E-state index contributed by atoms with van der Waals surface area (Å²) < 4.78 is 64.2. The number of halogens is 4. The molecule has 6 nitrogen and oxygen atoms in total. The van der Waals surface area contributed by atoms with E-state index in [1.54, 1.807) is 0 Å². The highest BCUT2D eigenvalue weighted by molar-refractivity contribution is 6.51. The molecule has 1 heterocycles. The van der Waals surface area contributed by atoms with E-state index >= 15 is 0 Å². The monoisotopic (exact) mass is 501 g/mol. The number of amides is 1. The summed E-state index contributed by atoms with van der Waals surface area (Å²) in [5, 5.41) is 11.2. The normalized spacial score (nSPS) is 17.4. The second-order valence-corrected chi connectivity index (χ2v) is 7.83. The summed E-state index contributed by atoms with van der Waals surface area (Å²) in [5.74, 6) is -2.99. The Labute approximate surface area is 203 Å². The second-order valence-electron chi connectivity index (χ2n) is 7.83. The first kappa shape index (κ1) is 24.8. The molecule has 0 spiro atoms. The van der Waals surface area contributed by atoms with E-state index in [4.69, 9.17) is 9.47 Å². The molecular weight excluding hydrogens is 482 g/mol. The molecule has 3 aromatic rings. The van der Waals surface area contributed by atoms with Crippen molar-refractivity contribution in [3.05, 3.63) is 94.8 Å². The van der Waals surface area contributed by atoms with E-state index in [2.05, 4.69) is 0 Å². The number of carbonyl (C=O) groups is 2. The molecule has 0 aliphatic carbocycles.